The van der Waals surface area contributed by atoms with Crippen molar-refractivity contribution in [3.8, 4) is 5.75 Å². The van der Waals surface area contributed by atoms with E-state index in [4.69, 9.17) is 0 Å². The summed E-state index contributed by atoms with van der Waals surface area (Å²) >= 11 is 0. The second-order valence-corrected chi connectivity index (χ2v) is 5.12. The average molecular weight is 318 g/mol. The summed E-state index contributed by atoms with van der Waals surface area (Å²) in [5.74, 6) is -0.498. The van der Waals surface area contributed by atoms with Crippen LogP contribution in [-0.2, 0) is 0 Å². The molecule has 1 aromatic carbocycles. The van der Waals surface area contributed by atoms with Crippen LogP contribution < -0.4 is 15.4 Å². The number of nitrogens with one attached hydrogen (secondary N) is 2. The molecule has 0 aromatic heterocycles. The Hall–Kier alpha value is -1.96. The standard InChI is InChI=1S/C14H17F3N2O3/c15-14(16,17)22-12-7-2-1-5-11(12)19-13(21)18-10-6-3-4-9(10)8-20/h1-2,5,7,9-10,20H,3-4,6,8H2,(H2,18,19,21)/t9-,10-/m1/s1. The Kier molecular flexibility index (Phi) is 5.12. The molecule has 0 saturated heterocycles. The van der Waals surface area contributed by atoms with Crippen molar-refractivity contribution in [3.05, 3.63) is 24.3 Å². The summed E-state index contributed by atoms with van der Waals surface area (Å²) in [6.45, 7) is -0.0290. The minimum atomic E-state index is -4.83. The molecule has 3 N–H and O–H groups in total. The predicted molar refractivity (Wildman–Crippen MR) is 73.5 cm³/mol. The molecule has 8 heteroatoms. The first-order chi connectivity index (χ1) is 10.4. The Bertz CT molecular complexity index is 522. The van der Waals surface area contributed by atoms with E-state index in [1.807, 2.05) is 0 Å². The van der Waals surface area contributed by atoms with Gasteiger partial charge >= 0.3 is 12.4 Å². The van der Waals surface area contributed by atoms with Crippen molar-refractivity contribution in [2.24, 2.45) is 5.92 Å². The van der Waals surface area contributed by atoms with Gasteiger partial charge in [0.1, 0.15) is 0 Å². The molecule has 1 aliphatic carbocycles. The molecule has 0 heterocycles. The van der Waals surface area contributed by atoms with E-state index in [9.17, 15) is 23.1 Å². The summed E-state index contributed by atoms with van der Waals surface area (Å²) in [5, 5.41) is 14.2. The van der Waals surface area contributed by atoms with Gasteiger partial charge in [0.15, 0.2) is 5.75 Å². The lowest BCUT2D eigenvalue weighted by atomic mass is 10.1. The number of carbonyl (C=O) groups excluding carboxylic acids is 1. The number of benzene rings is 1. The number of carbonyl (C=O) groups is 1. The normalized spacial score (nSPS) is 21.5. The van der Waals surface area contributed by atoms with Crippen molar-refractivity contribution >= 4 is 11.7 Å². The van der Waals surface area contributed by atoms with Crippen molar-refractivity contribution in [1.82, 2.24) is 5.32 Å². The molecule has 0 unspecified atom stereocenters. The van der Waals surface area contributed by atoms with E-state index in [0.29, 0.717) is 0 Å². The zero-order valence-electron chi connectivity index (χ0n) is 11.7. The number of amides is 2. The molecule has 2 atom stereocenters. The van der Waals surface area contributed by atoms with Crippen LogP contribution in [0.1, 0.15) is 19.3 Å². The highest BCUT2D eigenvalue weighted by atomic mass is 19.4. The summed E-state index contributed by atoms with van der Waals surface area (Å²) in [5.41, 5.74) is -0.0733. The van der Waals surface area contributed by atoms with E-state index in [-0.39, 0.29) is 24.3 Å². The molecule has 1 aliphatic rings. The largest absolute Gasteiger partial charge is 0.573 e. The number of aliphatic hydroxyl groups is 1. The fourth-order valence-electron chi connectivity index (χ4n) is 2.56. The number of hydrogen-bond acceptors (Lipinski definition) is 3. The van der Waals surface area contributed by atoms with Crippen LogP contribution in [0.3, 0.4) is 0 Å². The highest BCUT2D eigenvalue weighted by Gasteiger charge is 2.32. The minimum absolute atomic E-state index is 0.0209. The smallest absolute Gasteiger partial charge is 0.404 e. The number of urea groups is 1. The van der Waals surface area contributed by atoms with Crippen LogP contribution in [-0.4, -0.2) is 30.1 Å². The summed E-state index contributed by atoms with van der Waals surface area (Å²) in [6.07, 6.45) is -2.39. The number of ether oxygens (including phenoxy) is 1. The van der Waals surface area contributed by atoms with E-state index in [1.54, 1.807) is 0 Å². The van der Waals surface area contributed by atoms with Gasteiger partial charge in [0.25, 0.3) is 0 Å². The zero-order valence-corrected chi connectivity index (χ0v) is 11.7. The molecule has 1 aromatic rings. The Morgan fingerprint density at radius 2 is 2.05 bits per heavy atom. The highest BCUT2D eigenvalue weighted by molar-refractivity contribution is 5.91. The quantitative estimate of drug-likeness (QED) is 0.799. The minimum Gasteiger partial charge on any atom is -0.404 e. The molecule has 0 bridgehead atoms. The van der Waals surface area contributed by atoms with Crippen molar-refractivity contribution in [2.45, 2.75) is 31.7 Å². The fraction of sp³-hybridized carbons (Fsp3) is 0.500. The topological polar surface area (TPSA) is 70.6 Å². The maximum absolute atomic E-state index is 12.3. The van der Waals surface area contributed by atoms with Gasteiger partial charge in [-0.15, -0.1) is 13.2 Å². The molecule has 1 saturated carbocycles. The van der Waals surface area contributed by atoms with Crippen LogP contribution in [0.2, 0.25) is 0 Å². The molecule has 5 nitrogen and oxygen atoms in total. The fourth-order valence-corrected chi connectivity index (χ4v) is 2.56. The van der Waals surface area contributed by atoms with Gasteiger partial charge in [0.05, 0.1) is 5.69 Å². The van der Waals surface area contributed by atoms with Crippen LogP contribution in [0.5, 0.6) is 5.75 Å². The zero-order chi connectivity index (χ0) is 16.2. The number of alkyl halides is 3. The van der Waals surface area contributed by atoms with Gasteiger partial charge in [-0.1, -0.05) is 18.6 Å². The molecule has 22 heavy (non-hydrogen) atoms. The summed E-state index contributed by atoms with van der Waals surface area (Å²) in [7, 11) is 0. The van der Waals surface area contributed by atoms with Gasteiger partial charge in [-0.05, 0) is 25.0 Å². The van der Waals surface area contributed by atoms with E-state index < -0.39 is 18.1 Å². The third kappa shape index (κ3) is 4.52. The maximum Gasteiger partial charge on any atom is 0.573 e. The SMILES string of the molecule is O=C(Nc1ccccc1OC(F)(F)F)N[C@@H]1CCC[C@@H]1CO. The monoisotopic (exact) mass is 318 g/mol. The molecule has 0 radical (unpaired) electrons. The van der Waals surface area contributed by atoms with Gasteiger partial charge < -0.3 is 20.5 Å². The number of rotatable bonds is 4. The first-order valence-electron chi connectivity index (χ1n) is 6.92. The molecule has 122 valence electrons. The first kappa shape index (κ1) is 16.4. The molecule has 1 fully saturated rings. The maximum atomic E-state index is 12.3. The van der Waals surface area contributed by atoms with E-state index in [1.165, 1.54) is 18.2 Å². The molecule has 2 amide bonds. The third-order valence-corrected chi connectivity index (χ3v) is 3.57. The van der Waals surface area contributed by atoms with Crippen LogP contribution in [0.4, 0.5) is 23.7 Å². The van der Waals surface area contributed by atoms with Crippen LogP contribution >= 0.6 is 0 Å². The Morgan fingerprint density at radius 3 is 2.73 bits per heavy atom. The Balaban J connectivity index is 1.99. The lowest BCUT2D eigenvalue weighted by molar-refractivity contribution is -0.274. The van der Waals surface area contributed by atoms with Gasteiger partial charge in [0.2, 0.25) is 0 Å². The first-order valence-corrected chi connectivity index (χ1v) is 6.92. The van der Waals surface area contributed by atoms with E-state index >= 15 is 0 Å². The predicted octanol–water partition coefficient (Wildman–Crippen LogP) is 2.87. The van der Waals surface area contributed by atoms with Crippen molar-refractivity contribution in [3.63, 3.8) is 0 Å². The molecule has 2 rings (SSSR count). The lowest BCUT2D eigenvalue weighted by Crippen LogP contribution is -2.41. The van der Waals surface area contributed by atoms with Gasteiger partial charge in [-0.3, -0.25) is 0 Å². The van der Waals surface area contributed by atoms with E-state index in [2.05, 4.69) is 15.4 Å². The van der Waals surface area contributed by atoms with Crippen LogP contribution in [0.25, 0.3) is 0 Å². The van der Waals surface area contributed by atoms with Crippen molar-refractivity contribution < 1.29 is 27.8 Å². The number of anilines is 1. The number of hydrogen-bond donors (Lipinski definition) is 3. The summed E-state index contributed by atoms with van der Waals surface area (Å²) < 4.78 is 40.8. The number of halogens is 3. The van der Waals surface area contributed by atoms with Gasteiger partial charge in [-0.2, -0.15) is 0 Å². The molecular weight excluding hydrogens is 301 g/mol. The molecule has 0 spiro atoms. The van der Waals surface area contributed by atoms with Crippen molar-refractivity contribution in [2.75, 3.05) is 11.9 Å². The van der Waals surface area contributed by atoms with Crippen molar-refractivity contribution in [1.29, 1.82) is 0 Å². The summed E-state index contributed by atoms with van der Waals surface area (Å²) in [6, 6.07) is 4.51. The highest BCUT2D eigenvalue weighted by Crippen LogP contribution is 2.30. The van der Waals surface area contributed by atoms with Gasteiger partial charge in [-0.25, -0.2) is 4.79 Å². The second-order valence-electron chi connectivity index (χ2n) is 5.12. The van der Waals surface area contributed by atoms with Crippen LogP contribution in [0, 0.1) is 5.92 Å². The molecular formula is C14H17F3N2O3. The third-order valence-electron chi connectivity index (χ3n) is 3.57. The van der Waals surface area contributed by atoms with E-state index in [0.717, 1.165) is 25.3 Å². The lowest BCUT2D eigenvalue weighted by Gasteiger charge is -2.20. The van der Waals surface area contributed by atoms with Gasteiger partial charge in [0, 0.05) is 18.6 Å². The number of aliphatic hydroxyl groups excluding tert-OH is 1. The average Bonchev–Trinajstić information content (AvgIpc) is 2.86. The Labute approximate surface area is 125 Å². The Morgan fingerprint density at radius 1 is 1.32 bits per heavy atom. The summed E-state index contributed by atoms with van der Waals surface area (Å²) in [4.78, 5) is 11.9. The number of para-hydroxylation sites is 2. The van der Waals surface area contributed by atoms with Crippen LogP contribution in [0.15, 0.2) is 24.3 Å². The second kappa shape index (κ2) is 6.87. The molecule has 0 aliphatic heterocycles.